The third-order valence-electron chi connectivity index (χ3n) is 4.85. The lowest BCUT2D eigenvalue weighted by Crippen LogP contribution is -2.53. The number of carbonyl (C=O) groups excluding carboxylic acids is 1. The number of rotatable bonds is 3. The molecule has 2 rings (SSSR count). The molecule has 4 nitrogen and oxygen atoms in total. The minimum absolute atomic E-state index is 0.00831. The van der Waals surface area contributed by atoms with E-state index in [4.69, 9.17) is 0 Å². The van der Waals surface area contributed by atoms with Crippen LogP contribution in [-0.2, 0) is 15.0 Å². The van der Waals surface area contributed by atoms with Crippen LogP contribution in [0.25, 0.3) is 0 Å². The van der Waals surface area contributed by atoms with Crippen molar-refractivity contribution in [1.82, 2.24) is 4.90 Å². The van der Waals surface area contributed by atoms with E-state index in [1.807, 2.05) is 45.0 Å². The standard InChI is InChI=1S/C18H25NO3/c1-13-8-5-6-9-14(13)17(2,3)15(20)19-11-7-10-18(4,12-19)16(21)22/h5-6,8-9H,7,10-12H2,1-4H3,(H,21,22). The second-order valence-corrected chi connectivity index (χ2v) is 7.14. The van der Waals surface area contributed by atoms with Gasteiger partial charge in [0, 0.05) is 13.1 Å². The van der Waals surface area contributed by atoms with Crippen LogP contribution in [-0.4, -0.2) is 35.0 Å². The monoisotopic (exact) mass is 303 g/mol. The van der Waals surface area contributed by atoms with Crippen LogP contribution in [0.5, 0.6) is 0 Å². The van der Waals surface area contributed by atoms with Crippen LogP contribution in [0.3, 0.4) is 0 Å². The predicted octanol–water partition coefficient (Wildman–Crippen LogP) is 2.99. The van der Waals surface area contributed by atoms with Crippen molar-refractivity contribution in [3.05, 3.63) is 35.4 Å². The minimum Gasteiger partial charge on any atom is -0.481 e. The first-order chi connectivity index (χ1) is 10.2. The topological polar surface area (TPSA) is 57.6 Å². The van der Waals surface area contributed by atoms with Crippen LogP contribution in [0.2, 0.25) is 0 Å². The second-order valence-electron chi connectivity index (χ2n) is 7.14. The maximum atomic E-state index is 13.0. The molecule has 4 heteroatoms. The Labute approximate surface area is 132 Å². The van der Waals surface area contributed by atoms with Crippen molar-refractivity contribution in [2.45, 2.75) is 46.0 Å². The highest BCUT2D eigenvalue weighted by Crippen LogP contribution is 2.34. The van der Waals surface area contributed by atoms with Crippen LogP contribution >= 0.6 is 0 Å². The van der Waals surface area contributed by atoms with E-state index in [0.29, 0.717) is 13.0 Å². The fourth-order valence-corrected chi connectivity index (χ4v) is 3.37. The van der Waals surface area contributed by atoms with E-state index < -0.39 is 16.8 Å². The first kappa shape index (κ1) is 16.5. The molecule has 0 aromatic heterocycles. The van der Waals surface area contributed by atoms with Gasteiger partial charge in [-0.05, 0) is 51.7 Å². The highest BCUT2D eigenvalue weighted by Gasteiger charge is 2.43. The Balaban J connectivity index is 2.27. The molecule has 22 heavy (non-hydrogen) atoms. The number of aryl methyl sites for hydroxylation is 1. The number of benzene rings is 1. The molecule has 0 saturated carbocycles. The molecule has 1 aromatic rings. The van der Waals surface area contributed by atoms with Gasteiger partial charge in [-0.1, -0.05) is 24.3 Å². The quantitative estimate of drug-likeness (QED) is 0.934. The van der Waals surface area contributed by atoms with Crippen molar-refractivity contribution in [2.75, 3.05) is 13.1 Å². The first-order valence-electron chi connectivity index (χ1n) is 7.77. The molecular weight excluding hydrogens is 278 g/mol. The van der Waals surface area contributed by atoms with Gasteiger partial charge in [-0.15, -0.1) is 0 Å². The SMILES string of the molecule is Cc1ccccc1C(C)(C)C(=O)N1CCCC(C)(C(=O)O)C1. The van der Waals surface area contributed by atoms with E-state index >= 15 is 0 Å². The Kier molecular flexibility index (Phi) is 4.32. The maximum absolute atomic E-state index is 13.0. The molecule has 120 valence electrons. The van der Waals surface area contributed by atoms with Gasteiger partial charge < -0.3 is 10.0 Å². The number of carboxylic acids is 1. The summed E-state index contributed by atoms with van der Waals surface area (Å²) in [4.78, 5) is 26.2. The Bertz CT molecular complexity index is 594. The summed E-state index contributed by atoms with van der Waals surface area (Å²) in [6.45, 7) is 8.50. The second kappa shape index (κ2) is 5.75. The number of aliphatic carboxylic acids is 1. The molecule has 1 aromatic carbocycles. The molecule has 0 aliphatic carbocycles. The van der Waals surface area contributed by atoms with E-state index in [1.165, 1.54) is 0 Å². The Morgan fingerprint density at radius 3 is 2.50 bits per heavy atom. The number of amides is 1. The lowest BCUT2D eigenvalue weighted by Gasteiger charge is -2.41. The molecule has 1 heterocycles. The molecule has 0 radical (unpaired) electrons. The number of carboxylic acid groups (broad SMARTS) is 1. The lowest BCUT2D eigenvalue weighted by molar-refractivity contribution is -0.154. The highest BCUT2D eigenvalue weighted by molar-refractivity contribution is 5.88. The minimum atomic E-state index is -0.838. The molecule has 1 aliphatic heterocycles. The fraction of sp³-hybridized carbons (Fsp3) is 0.556. The molecule has 1 atom stereocenters. The van der Waals surface area contributed by atoms with Crippen molar-refractivity contribution in [3.63, 3.8) is 0 Å². The number of nitrogens with zero attached hydrogens (tertiary/aromatic N) is 1. The van der Waals surface area contributed by atoms with Crippen molar-refractivity contribution in [3.8, 4) is 0 Å². The van der Waals surface area contributed by atoms with E-state index in [1.54, 1.807) is 11.8 Å². The van der Waals surface area contributed by atoms with Gasteiger partial charge >= 0.3 is 5.97 Å². The van der Waals surface area contributed by atoms with Gasteiger partial charge in [0.05, 0.1) is 10.8 Å². The van der Waals surface area contributed by atoms with Crippen molar-refractivity contribution in [1.29, 1.82) is 0 Å². The van der Waals surface area contributed by atoms with Gasteiger partial charge in [-0.3, -0.25) is 9.59 Å². The van der Waals surface area contributed by atoms with Crippen LogP contribution < -0.4 is 0 Å². The molecule has 0 bridgehead atoms. The van der Waals surface area contributed by atoms with E-state index in [9.17, 15) is 14.7 Å². The summed E-state index contributed by atoms with van der Waals surface area (Å²) in [5.41, 5.74) is 0.596. The van der Waals surface area contributed by atoms with Gasteiger partial charge in [0.15, 0.2) is 0 Å². The smallest absolute Gasteiger partial charge is 0.311 e. The molecule has 1 unspecified atom stereocenters. The summed E-state index contributed by atoms with van der Waals surface area (Å²) in [7, 11) is 0. The predicted molar refractivity (Wildman–Crippen MR) is 85.8 cm³/mol. The molecular formula is C18H25NO3. The summed E-state index contributed by atoms with van der Waals surface area (Å²) in [5, 5.41) is 9.42. The number of hydrogen-bond acceptors (Lipinski definition) is 2. The normalized spacial score (nSPS) is 22.5. The molecule has 1 N–H and O–H groups in total. The van der Waals surface area contributed by atoms with Gasteiger partial charge in [0.1, 0.15) is 0 Å². The first-order valence-corrected chi connectivity index (χ1v) is 7.77. The zero-order valence-corrected chi connectivity index (χ0v) is 13.8. The van der Waals surface area contributed by atoms with E-state index in [2.05, 4.69) is 0 Å². The third-order valence-corrected chi connectivity index (χ3v) is 4.85. The number of likely N-dealkylation sites (tertiary alicyclic amines) is 1. The third kappa shape index (κ3) is 2.87. The van der Waals surface area contributed by atoms with Crippen LogP contribution in [0, 0.1) is 12.3 Å². The number of hydrogen-bond donors (Lipinski definition) is 1. The van der Waals surface area contributed by atoms with Crippen LogP contribution in [0.4, 0.5) is 0 Å². The molecule has 1 amide bonds. The number of piperidine rings is 1. The Morgan fingerprint density at radius 1 is 1.27 bits per heavy atom. The average molecular weight is 303 g/mol. The largest absolute Gasteiger partial charge is 0.481 e. The van der Waals surface area contributed by atoms with Crippen LogP contribution in [0.15, 0.2) is 24.3 Å². The lowest BCUT2D eigenvalue weighted by atomic mass is 9.77. The van der Waals surface area contributed by atoms with Gasteiger partial charge in [0.25, 0.3) is 0 Å². The number of carbonyl (C=O) groups is 2. The van der Waals surface area contributed by atoms with E-state index in [-0.39, 0.29) is 12.5 Å². The summed E-state index contributed by atoms with van der Waals surface area (Å²) >= 11 is 0. The molecule has 0 spiro atoms. The fourth-order valence-electron chi connectivity index (χ4n) is 3.37. The van der Waals surface area contributed by atoms with E-state index in [0.717, 1.165) is 17.5 Å². The zero-order valence-electron chi connectivity index (χ0n) is 13.8. The van der Waals surface area contributed by atoms with Crippen molar-refractivity contribution >= 4 is 11.9 Å². The van der Waals surface area contributed by atoms with Gasteiger partial charge in [-0.25, -0.2) is 0 Å². The van der Waals surface area contributed by atoms with Gasteiger partial charge in [0.2, 0.25) is 5.91 Å². The highest BCUT2D eigenvalue weighted by atomic mass is 16.4. The summed E-state index contributed by atoms with van der Waals surface area (Å²) < 4.78 is 0. The average Bonchev–Trinajstić information content (AvgIpc) is 2.46. The Morgan fingerprint density at radius 2 is 1.91 bits per heavy atom. The molecule has 1 aliphatic rings. The molecule has 1 fully saturated rings. The van der Waals surface area contributed by atoms with Gasteiger partial charge in [-0.2, -0.15) is 0 Å². The van der Waals surface area contributed by atoms with Crippen LogP contribution in [0.1, 0.15) is 44.7 Å². The summed E-state index contributed by atoms with van der Waals surface area (Å²) in [6, 6.07) is 7.88. The van der Waals surface area contributed by atoms with Crippen molar-refractivity contribution < 1.29 is 14.7 Å². The molecule has 1 saturated heterocycles. The summed E-state index contributed by atoms with van der Waals surface area (Å²) in [6.07, 6.45) is 1.36. The van der Waals surface area contributed by atoms with Crippen molar-refractivity contribution in [2.24, 2.45) is 5.41 Å². The summed E-state index contributed by atoms with van der Waals surface area (Å²) in [5.74, 6) is -0.812. The zero-order chi connectivity index (χ0) is 16.5. The Hall–Kier alpha value is -1.84. The maximum Gasteiger partial charge on any atom is 0.311 e.